The van der Waals surface area contributed by atoms with Crippen LogP contribution in [0, 0.1) is 13.8 Å². The van der Waals surface area contributed by atoms with E-state index in [4.69, 9.17) is 9.72 Å². The van der Waals surface area contributed by atoms with Crippen molar-refractivity contribution in [2.45, 2.75) is 50.3 Å². The zero-order chi connectivity index (χ0) is 27.8. The van der Waals surface area contributed by atoms with Gasteiger partial charge in [-0.2, -0.15) is 0 Å². The van der Waals surface area contributed by atoms with E-state index in [1.807, 2.05) is 12.3 Å². The lowest BCUT2D eigenvalue weighted by Gasteiger charge is -2.40. The Morgan fingerprint density at radius 3 is 2.54 bits per heavy atom. The number of rotatable bonds is 6. The van der Waals surface area contributed by atoms with Gasteiger partial charge in [-0.1, -0.05) is 37.8 Å². The van der Waals surface area contributed by atoms with E-state index in [9.17, 15) is 25.2 Å². The predicted octanol–water partition coefficient (Wildman–Crippen LogP) is 2.36. The molecule has 1 amide bonds. The molecular weight excluding hydrogens is 519 g/mol. The number of aryl methyl sites for hydroxylation is 2. The Kier molecular flexibility index (Phi) is 7.87. The Morgan fingerprint density at radius 2 is 1.85 bits per heavy atom. The number of carbonyl (C=O) groups excluding carboxylic acids is 1. The van der Waals surface area contributed by atoms with Gasteiger partial charge >= 0.3 is 0 Å². The molecule has 0 saturated carbocycles. The minimum Gasteiger partial charge on any atom is -0.394 e. The molecule has 2 aliphatic rings. The summed E-state index contributed by atoms with van der Waals surface area (Å²) < 4.78 is 7.24. The van der Waals surface area contributed by atoms with Crippen LogP contribution < -0.4 is 10.6 Å². The maximum atomic E-state index is 13.0. The van der Waals surface area contributed by atoms with Gasteiger partial charge in [0.25, 0.3) is 5.91 Å². The highest BCUT2D eigenvalue weighted by molar-refractivity contribution is 7.60. The molecule has 0 spiro atoms. The smallest absolute Gasteiger partial charge is 0.252 e. The Hall–Kier alpha value is -3.11. The number of aromatic nitrogens is 2. The second kappa shape index (κ2) is 11.2. The summed E-state index contributed by atoms with van der Waals surface area (Å²) in [5, 5.41) is 46.0. The lowest BCUT2D eigenvalue weighted by molar-refractivity contribution is -0.252. The zero-order valence-electron chi connectivity index (χ0n) is 21.9. The SMILES string of the molecule is Cc1ccc(-c2cnc3n2C=CP(C)C3Nc2ccc(C(=O)NC3C(O)[C@H](O)C(CO)O[C@@H]3O)c(C)c2)cc1. The number of nitrogens with one attached hydrogen (secondary N) is 2. The maximum absolute atomic E-state index is 13.0. The van der Waals surface area contributed by atoms with E-state index in [1.54, 1.807) is 19.1 Å². The van der Waals surface area contributed by atoms with Crippen LogP contribution >= 0.6 is 7.92 Å². The molecule has 0 aliphatic carbocycles. The van der Waals surface area contributed by atoms with Crippen molar-refractivity contribution in [3.05, 3.63) is 77.0 Å². The van der Waals surface area contributed by atoms with Crippen molar-refractivity contribution in [2.75, 3.05) is 18.6 Å². The number of fused-ring (bicyclic) bond motifs is 1. The third-order valence-corrected chi connectivity index (χ3v) is 9.03. The lowest BCUT2D eigenvalue weighted by Crippen LogP contribution is -2.64. The molecule has 1 fully saturated rings. The first-order valence-corrected chi connectivity index (χ1v) is 14.6. The quantitative estimate of drug-likeness (QED) is 0.255. The van der Waals surface area contributed by atoms with Crippen LogP contribution in [0.1, 0.15) is 33.1 Å². The summed E-state index contributed by atoms with van der Waals surface area (Å²) in [5.74, 6) is 2.55. The minimum atomic E-state index is -1.58. The van der Waals surface area contributed by atoms with Gasteiger partial charge in [-0.05, 0) is 50.1 Å². The molecule has 6 N–H and O–H groups in total. The van der Waals surface area contributed by atoms with E-state index in [-0.39, 0.29) is 5.78 Å². The lowest BCUT2D eigenvalue weighted by atomic mass is 9.96. The number of carbonyl (C=O) groups is 1. The van der Waals surface area contributed by atoms with E-state index in [2.05, 4.69) is 65.1 Å². The number of anilines is 1. The van der Waals surface area contributed by atoms with Crippen molar-refractivity contribution in [2.24, 2.45) is 0 Å². The van der Waals surface area contributed by atoms with E-state index in [0.29, 0.717) is 11.1 Å². The molecule has 2 aromatic carbocycles. The summed E-state index contributed by atoms with van der Waals surface area (Å²) in [6.07, 6.45) is -1.71. The fourth-order valence-corrected chi connectivity index (χ4v) is 6.35. The average Bonchev–Trinajstić information content (AvgIpc) is 3.35. The second-order valence-corrected chi connectivity index (χ2v) is 12.2. The summed E-state index contributed by atoms with van der Waals surface area (Å²) >= 11 is 0. The molecule has 10 nitrogen and oxygen atoms in total. The number of nitrogens with zero attached hydrogens (tertiary/aromatic N) is 2. The monoisotopic (exact) mass is 552 g/mol. The molecule has 39 heavy (non-hydrogen) atoms. The molecule has 5 rings (SSSR count). The van der Waals surface area contributed by atoms with Gasteiger partial charge < -0.3 is 40.4 Å². The summed E-state index contributed by atoms with van der Waals surface area (Å²) in [6, 6.07) is 12.4. The highest BCUT2D eigenvalue weighted by Gasteiger charge is 2.44. The van der Waals surface area contributed by atoms with Gasteiger partial charge in [0, 0.05) is 23.0 Å². The van der Waals surface area contributed by atoms with Gasteiger partial charge in [-0.3, -0.25) is 4.79 Å². The molecule has 5 unspecified atom stereocenters. The van der Waals surface area contributed by atoms with Crippen LogP contribution in [0.4, 0.5) is 5.69 Å². The van der Waals surface area contributed by atoms with Gasteiger partial charge in [0.2, 0.25) is 0 Å². The highest BCUT2D eigenvalue weighted by atomic mass is 31.1. The fraction of sp³-hybridized carbons (Fsp3) is 0.357. The van der Waals surface area contributed by atoms with Crippen molar-refractivity contribution < 1.29 is 30.0 Å². The maximum Gasteiger partial charge on any atom is 0.252 e. The number of hydrogen-bond acceptors (Lipinski definition) is 8. The number of hydrogen-bond donors (Lipinski definition) is 6. The third-order valence-electron chi connectivity index (χ3n) is 7.25. The molecule has 1 saturated heterocycles. The number of benzene rings is 2. The van der Waals surface area contributed by atoms with Crippen molar-refractivity contribution in [3.63, 3.8) is 0 Å². The summed E-state index contributed by atoms with van der Waals surface area (Å²) in [5.41, 5.74) is 5.17. The van der Waals surface area contributed by atoms with Crippen molar-refractivity contribution in [3.8, 4) is 11.3 Å². The molecule has 0 radical (unpaired) electrons. The third kappa shape index (κ3) is 5.36. The molecule has 206 valence electrons. The first kappa shape index (κ1) is 27.5. The van der Waals surface area contributed by atoms with Crippen molar-refractivity contribution in [1.82, 2.24) is 14.9 Å². The topological polar surface area (TPSA) is 149 Å². The van der Waals surface area contributed by atoms with E-state index < -0.39 is 51.1 Å². The highest BCUT2D eigenvalue weighted by Crippen LogP contribution is 2.52. The van der Waals surface area contributed by atoms with Crippen LogP contribution in [-0.2, 0) is 4.74 Å². The van der Waals surface area contributed by atoms with Crippen LogP contribution in [0.15, 0.2) is 54.5 Å². The molecule has 2 aliphatic heterocycles. The van der Waals surface area contributed by atoms with Gasteiger partial charge in [-0.15, -0.1) is 0 Å². The molecule has 0 bridgehead atoms. The number of aliphatic hydroxyl groups is 4. The van der Waals surface area contributed by atoms with E-state index in [0.717, 1.165) is 22.8 Å². The van der Waals surface area contributed by atoms with Crippen molar-refractivity contribution in [1.29, 1.82) is 0 Å². The molecular formula is C28H33N4O6P. The molecule has 1 aromatic heterocycles. The van der Waals surface area contributed by atoms with Crippen LogP contribution in [-0.4, -0.2) is 79.8 Å². The number of imidazole rings is 1. The largest absolute Gasteiger partial charge is 0.394 e. The van der Waals surface area contributed by atoms with E-state index >= 15 is 0 Å². The van der Waals surface area contributed by atoms with Gasteiger partial charge in [-0.25, -0.2) is 4.98 Å². The van der Waals surface area contributed by atoms with Gasteiger partial charge in [0.1, 0.15) is 36.0 Å². The van der Waals surface area contributed by atoms with Gasteiger partial charge in [0.15, 0.2) is 6.29 Å². The Labute approximate surface area is 227 Å². The fourth-order valence-electron chi connectivity index (χ4n) is 4.93. The number of aliphatic hydroxyl groups excluding tert-OH is 4. The Balaban J connectivity index is 1.32. The van der Waals surface area contributed by atoms with Crippen LogP contribution in [0.2, 0.25) is 0 Å². The van der Waals surface area contributed by atoms with E-state index in [1.165, 1.54) is 5.56 Å². The molecule has 3 heterocycles. The van der Waals surface area contributed by atoms with Crippen molar-refractivity contribution >= 4 is 25.7 Å². The first-order chi connectivity index (χ1) is 18.7. The predicted molar refractivity (Wildman–Crippen MR) is 149 cm³/mol. The molecule has 3 aromatic rings. The zero-order valence-corrected chi connectivity index (χ0v) is 22.8. The van der Waals surface area contributed by atoms with Crippen LogP contribution in [0.25, 0.3) is 17.5 Å². The van der Waals surface area contributed by atoms with Crippen LogP contribution in [0.3, 0.4) is 0 Å². The number of ether oxygens (including phenoxy) is 1. The Bertz CT molecular complexity index is 1380. The van der Waals surface area contributed by atoms with Crippen LogP contribution in [0.5, 0.6) is 0 Å². The summed E-state index contributed by atoms with van der Waals surface area (Å²) in [7, 11) is -0.553. The molecule has 11 heteroatoms. The normalized spacial score (nSPS) is 28.1. The summed E-state index contributed by atoms with van der Waals surface area (Å²) in [4.78, 5) is 17.8. The second-order valence-electron chi connectivity index (χ2n) is 10.0. The Morgan fingerprint density at radius 1 is 1.10 bits per heavy atom. The summed E-state index contributed by atoms with van der Waals surface area (Å²) in [6.45, 7) is 5.46. The van der Waals surface area contributed by atoms with Gasteiger partial charge in [0.05, 0.1) is 18.5 Å². The number of amides is 1. The molecule has 7 atom stereocenters. The first-order valence-electron chi connectivity index (χ1n) is 12.7. The standard InChI is InChI=1S/C28H33N4O6P/c1-15-4-6-17(7-5-15)20-13-29-25-27(39(3)11-10-32(20)25)30-18-8-9-19(16(2)12-18)26(36)31-22-24(35)23(34)21(14-33)38-28(22)37/h4-13,21-24,27-28,30,33-35,37H,14H2,1-3H3,(H,31,36)/t21?,22?,23-,24?,27?,28+,39?/m1/s1. The minimum absolute atomic E-state index is 0.0334. The average molecular weight is 553 g/mol.